The molecule has 2 N–H and O–H groups in total. The lowest BCUT2D eigenvalue weighted by Crippen LogP contribution is -2.40. The molecule has 6 heteroatoms. The highest BCUT2D eigenvalue weighted by atomic mass is 16.5. The van der Waals surface area contributed by atoms with Gasteiger partial charge in [0, 0.05) is 23.9 Å². The van der Waals surface area contributed by atoms with E-state index >= 15 is 0 Å². The van der Waals surface area contributed by atoms with Crippen LogP contribution in [0.15, 0.2) is 4.52 Å². The Morgan fingerprint density at radius 1 is 1.35 bits per heavy atom. The fourth-order valence-electron chi connectivity index (χ4n) is 3.68. The minimum Gasteiger partial charge on any atom is -0.345 e. The van der Waals surface area contributed by atoms with Gasteiger partial charge in [-0.15, -0.1) is 0 Å². The summed E-state index contributed by atoms with van der Waals surface area (Å²) in [6, 6.07) is 0.994. The second-order valence-electron chi connectivity index (χ2n) is 8.17. The van der Waals surface area contributed by atoms with Crippen LogP contribution in [0.2, 0.25) is 0 Å². The Kier molecular flexibility index (Phi) is 4.45. The van der Waals surface area contributed by atoms with Gasteiger partial charge >= 0.3 is 0 Å². The van der Waals surface area contributed by atoms with Crippen LogP contribution >= 0.6 is 0 Å². The first-order chi connectivity index (χ1) is 10.8. The summed E-state index contributed by atoms with van der Waals surface area (Å²) >= 11 is 0. The van der Waals surface area contributed by atoms with Gasteiger partial charge in [-0.25, -0.2) is 0 Å². The van der Waals surface area contributed by atoms with Gasteiger partial charge in [-0.2, -0.15) is 4.98 Å². The summed E-state index contributed by atoms with van der Waals surface area (Å²) in [4.78, 5) is 16.7. The molecule has 0 aromatic carbocycles. The van der Waals surface area contributed by atoms with Crippen molar-refractivity contribution in [1.82, 2.24) is 20.8 Å². The van der Waals surface area contributed by atoms with Crippen LogP contribution in [0.5, 0.6) is 0 Å². The maximum absolute atomic E-state index is 12.3. The third-order valence-corrected chi connectivity index (χ3v) is 4.91. The average molecular weight is 320 g/mol. The fraction of sp³-hybridized carbons (Fsp3) is 0.824. The number of fused-ring (bicyclic) bond motifs is 2. The fourth-order valence-corrected chi connectivity index (χ4v) is 3.68. The first kappa shape index (κ1) is 16.4. The van der Waals surface area contributed by atoms with Crippen LogP contribution in [0.25, 0.3) is 0 Å². The van der Waals surface area contributed by atoms with Crippen LogP contribution in [0.3, 0.4) is 0 Å². The zero-order valence-electron chi connectivity index (χ0n) is 14.6. The Bertz CT molecular complexity index is 551. The second-order valence-corrected chi connectivity index (χ2v) is 8.17. The van der Waals surface area contributed by atoms with E-state index in [0.717, 1.165) is 12.8 Å². The Hall–Kier alpha value is -1.43. The molecule has 6 nitrogen and oxygen atoms in total. The van der Waals surface area contributed by atoms with Gasteiger partial charge in [0.05, 0.1) is 0 Å². The largest absolute Gasteiger partial charge is 0.345 e. The standard InChI is InChI=1S/C17H28N4O2/c1-10(15-20-16(21-23-15)17(2,3)4)18-14(22)9-11-7-12-5-6-13(8-11)19-12/h10-13,19H,5-9H2,1-4H3,(H,18,22). The van der Waals surface area contributed by atoms with Crippen LogP contribution < -0.4 is 10.6 Å². The number of carbonyl (C=O) groups is 1. The molecule has 3 rings (SSSR count). The number of amides is 1. The molecule has 2 aliphatic heterocycles. The van der Waals surface area contributed by atoms with Gasteiger partial charge in [-0.3, -0.25) is 4.79 Å². The molecule has 0 radical (unpaired) electrons. The molecule has 2 saturated heterocycles. The van der Waals surface area contributed by atoms with Crippen LogP contribution in [0, 0.1) is 5.92 Å². The predicted octanol–water partition coefficient (Wildman–Crippen LogP) is 2.47. The quantitative estimate of drug-likeness (QED) is 0.891. The molecule has 0 saturated carbocycles. The molecule has 1 amide bonds. The minimum absolute atomic E-state index is 0.0827. The van der Waals surface area contributed by atoms with Gasteiger partial charge in [0.15, 0.2) is 5.82 Å². The van der Waals surface area contributed by atoms with Gasteiger partial charge in [0.25, 0.3) is 0 Å². The average Bonchev–Trinajstić information content (AvgIpc) is 3.05. The molecule has 3 heterocycles. The number of aromatic nitrogens is 2. The Morgan fingerprint density at radius 3 is 2.57 bits per heavy atom. The lowest BCUT2D eigenvalue weighted by Gasteiger charge is -2.28. The SMILES string of the molecule is CC(NC(=O)CC1CC2CCC(C1)N2)c1nc(C(C)(C)C)no1. The summed E-state index contributed by atoms with van der Waals surface area (Å²) < 4.78 is 5.30. The molecule has 3 unspecified atom stereocenters. The Morgan fingerprint density at radius 2 is 2.00 bits per heavy atom. The molecule has 1 aromatic rings. The molecular formula is C17H28N4O2. The molecule has 1 aromatic heterocycles. The van der Waals surface area contributed by atoms with E-state index in [1.54, 1.807) is 0 Å². The van der Waals surface area contributed by atoms with E-state index in [1.165, 1.54) is 12.8 Å². The maximum atomic E-state index is 12.3. The Balaban J connectivity index is 1.52. The third kappa shape index (κ3) is 3.91. The van der Waals surface area contributed by atoms with Gasteiger partial charge in [0.2, 0.25) is 11.8 Å². The van der Waals surface area contributed by atoms with E-state index in [1.807, 2.05) is 27.7 Å². The Labute approximate surface area is 137 Å². The van der Waals surface area contributed by atoms with Crippen molar-refractivity contribution >= 4 is 5.91 Å². The van der Waals surface area contributed by atoms with E-state index in [4.69, 9.17) is 4.52 Å². The third-order valence-electron chi connectivity index (χ3n) is 4.91. The molecule has 3 atom stereocenters. The summed E-state index contributed by atoms with van der Waals surface area (Å²) in [6.07, 6.45) is 5.35. The van der Waals surface area contributed by atoms with E-state index in [-0.39, 0.29) is 17.4 Å². The lowest BCUT2D eigenvalue weighted by molar-refractivity contribution is -0.123. The number of rotatable bonds is 4. The maximum Gasteiger partial charge on any atom is 0.248 e. The van der Waals surface area contributed by atoms with Crippen molar-refractivity contribution < 1.29 is 9.32 Å². The van der Waals surface area contributed by atoms with Crippen molar-refractivity contribution in [3.63, 3.8) is 0 Å². The predicted molar refractivity (Wildman–Crippen MR) is 86.8 cm³/mol. The molecule has 0 spiro atoms. The number of piperidine rings is 1. The van der Waals surface area contributed by atoms with Crippen molar-refractivity contribution in [2.75, 3.05) is 0 Å². The summed E-state index contributed by atoms with van der Waals surface area (Å²) in [5, 5.41) is 10.6. The summed E-state index contributed by atoms with van der Waals surface area (Å²) in [7, 11) is 0. The van der Waals surface area contributed by atoms with E-state index in [0.29, 0.717) is 36.1 Å². The molecular weight excluding hydrogens is 292 g/mol. The zero-order valence-corrected chi connectivity index (χ0v) is 14.6. The highest BCUT2D eigenvalue weighted by Gasteiger charge is 2.34. The molecule has 2 aliphatic rings. The van der Waals surface area contributed by atoms with E-state index in [9.17, 15) is 4.79 Å². The van der Waals surface area contributed by atoms with Crippen molar-refractivity contribution in [2.24, 2.45) is 5.92 Å². The highest BCUT2D eigenvalue weighted by molar-refractivity contribution is 5.76. The monoisotopic (exact) mass is 320 g/mol. The summed E-state index contributed by atoms with van der Waals surface area (Å²) in [6.45, 7) is 8.01. The summed E-state index contributed by atoms with van der Waals surface area (Å²) in [5.74, 6) is 1.73. The lowest BCUT2D eigenvalue weighted by atomic mass is 9.89. The van der Waals surface area contributed by atoms with Crippen LogP contribution in [0.1, 0.15) is 77.6 Å². The highest BCUT2D eigenvalue weighted by Crippen LogP contribution is 2.32. The van der Waals surface area contributed by atoms with E-state index in [2.05, 4.69) is 20.8 Å². The van der Waals surface area contributed by atoms with Crippen LogP contribution in [-0.4, -0.2) is 28.1 Å². The molecule has 2 bridgehead atoms. The number of hydrogen-bond acceptors (Lipinski definition) is 5. The normalized spacial score (nSPS) is 28.6. The van der Waals surface area contributed by atoms with E-state index < -0.39 is 0 Å². The van der Waals surface area contributed by atoms with Gasteiger partial charge in [-0.1, -0.05) is 25.9 Å². The number of hydrogen-bond donors (Lipinski definition) is 2. The number of nitrogens with one attached hydrogen (secondary N) is 2. The topological polar surface area (TPSA) is 80.0 Å². The van der Waals surface area contributed by atoms with Gasteiger partial charge in [0.1, 0.15) is 6.04 Å². The molecule has 128 valence electrons. The summed E-state index contributed by atoms with van der Waals surface area (Å²) in [5.41, 5.74) is -0.153. The van der Waals surface area contributed by atoms with Crippen molar-refractivity contribution in [2.45, 2.75) is 83.3 Å². The van der Waals surface area contributed by atoms with Gasteiger partial charge in [-0.05, 0) is 38.5 Å². The minimum atomic E-state index is -0.246. The molecule has 0 aliphatic carbocycles. The first-order valence-electron chi connectivity index (χ1n) is 8.70. The number of carbonyl (C=O) groups excluding carboxylic acids is 1. The van der Waals surface area contributed by atoms with Crippen LogP contribution in [0.4, 0.5) is 0 Å². The molecule has 2 fully saturated rings. The zero-order chi connectivity index (χ0) is 16.6. The van der Waals surface area contributed by atoms with Crippen molar-refractivity contribution in [1.29, 1.82) is 0 Å². The van der Waals surface area contributed by atoms with Crippen molar-refractivity contribution in [3.05, 3.63) is 11.7 Å². The second kappa shape index (κ2) is 6.23. The van der Waals surface area contributed by atoms with Crippen LogP contribution in [-0.2, 0) is 10.2 Å². The first-order valence-corrected chi connectivity index (χ1v) is 8.70. The van der Waals surface area contributed by atoms with Crippen molar-refractivity contribution in [3.8, 4) is 0 Å². The smallest absolute Gasteiger partial charge is 0.248 e. The van der Waals surface area contributed by atoms with Gasteiger partial charge < -0.3 is 15.2 Å². The molecule has 23 heavy (non-hydrogen) atoms. The number of nitrogens with zero attached hydrogens (tertiary/aromatic N) is 2.